The summed E-state index contributed by atoms with van der Waals surface area (Å²) in [6, 6.07) is 5.01. The number of hydrogen-bond acceptors (Lipinski definition) is 4. The van der Waals surface area contributed by atoms with Crippen LogP contribution in [0.25, 0.3) is 0 Å². The van der Waals surface area contributed by atoms with E-state index in [2.05, 4.69) is 5.32 Å². The number of phenols is 1. The Balaban J connectivity index is 1.76. The van der Waals surface area contributed by atoms with Gasteiger partial charge in [-0.1, -0.05) is 6.07 Å². The van der Waals surface area contributed by atoms with E-state index in [-0.39, 0.29) is 24.2 Å². The monoisotopic (exact) mass is 429 g/mol. The van der Waals surface area contributed by atoms with Crippen LogP contribution in [0.3, 0.4) is 0 Å². The zero-order chi connectivity index (χ0) is 22.3. The molecule has 168 valence electrons. The largest absolute Gasteiger partial charge is 0.508 e. The molecule has 0 atom stereocenters. The molecule has 0 aliphatic heterocycles. The highest BCUT2D eigenvalue weighted by atomic mass is 19.4. The second-order valence-electron chi connectivity index (χ2n) is 7.84. The molecule has 1 fully saturated rings. The molecule has 0 heterocycles. The van der Waals surface area contributed by atoms with Gasteiger partial charge in [0.05, 0.1) is 6.54 Å². The third kappa shape index (κ3) is 7.51. The normalized spacial score (nSPS) is 19.4. The summed E-state index contributed by atoms with van der Waals surface area (Å²) in [6.07, 6.45) is -1.08. The van der Waals surface area contributed by atoms with Crippen LogP contribution in [0.4, 0.5) is 13.2 Å². The van der Waals surface area contributed by atoms with E-state index in [9.17, 15) is 27.9 Å². The minimum Gasteiger partial charge on any atom is -0.508 e. The predicted molar refractivity (Wildman–Crippen MR) is 107 cm³/mol. The van der Waals surface area contributed by atoms with Crippen molar-refractivity contribution in [2.45, 2.75) is 51.7 Å². The Labute approximate surface area is 174 Å². The summed E-state index contributed by atoms with van der Waals surface area (Å²) < 4.78 is 36.3. The lowest BCUT2D eigenvalue weighted by Gasteiger charge is -2.33. The van der Waals surface area contributed by atoms with Gasteiger partial charge in [-0.2, -0.15) is 13.2 Å². The number of benzene rings is 1. The van der Waals surface area contributed by atoms with Gasteiger partial charge in [0, 0.05) is 24.7 Å². The van der Waals surface area contributed by atoms with Crippen LogP contribution < -0.4 is 10.6 Å². The number of aryl methyl sites for hydroxylation is 1. The van der Waals surface area contributed by atoms with Gasteiger partial charge in [-0.15, -0.1) is 0 Å². The summed E-state index contributed by atoms with van der Waals surface area (Å²) >= 11 is 0. The maximum absolute atomic E-state index is 12.8. The number of hydrogen-bond donors (Lipinski definition) is 3. The Morgan fingerprint density at radius 3 is 2.43 bits per heavy atom. The number of nitrogens with zero attached hydrogens (tertiary/aromatic N) is 1. The van der Waals surface area contributed by atoms with Gasteiger partial charge < -0.3 is 20.6 Å². The lowest BCUT2D eigenvalue weighted by Crippen LogP contribution is -2.44. The number of phenolic OH excluding ortho intramolecular Hbond substituents is 1. The lowest BCUT2D eigenvalue weighted by molar-refractivity contribution is -0.138. The summed E-state index contributed by atoms with van der Waals surface area (Å²) in [5, 5.41) is 14.7. The molecule has 9 heteroatoms. The quantitative estimate of drug-likeness (QED) is 0.594. The third-order valence-corrected chi connectivity index (χ3v) is 5.49. The van der Waals surface area contributed by atoms with Crippen LogP contribution in [0.2, 0.25) is 0 Å². The van der Waals surface area contributed by atoms with Crippen molar-refractivity contribution in [3.8, 4) is 5.75 Å². The number of carbonyl (C=O) groups excluding carboxylic acids is 2. The smallest absolute Gasteiger partial charge is 0.405 e. The van der Waals surface area contributed by atoms with Gasteiger partial charge in [-0.3, -0.25) is 9.59 Å². The summed E-state index contributed by atoms with van der Waals surface area (Å²) in [5.41, 5.74) is 1.17. The fourth-order valence-electron chi connectivity index (χ4n) is 3.64. The van der Waals surface area contributed by atoms with Gasteiger partial charge in [-0.05, 0) is 63.1 Å². The van der Waals surface area contributed by atoms with E-state index < -0.39 is 18.6 Å². The van der Waals surface area contributed by atoms with Gasteiger partial charge in [0.25, 0.3) is 5.91 Å². The maximum Gasteiger partial charge on any atom is 0.405 e. The molecule has 2 amide bonds. The Bertz CT molecular complexity index is 732. The molecule has 0 spiro atoms. The van der Waals surface area contributed by atoms with Crippen molar-refractivity contribution in [3.05, 3.63) is 29.3 Å². The van der Waals surface area contributed by atoms with Crippen molar-refractivity contribution >= 4 is 11.8 Å². The molecule has 0 aromatic heterocycles. The zero-order valence-electron chi connectivity index (χ0n) is 17.4. The molecule has 2 rings (SSSR count). The van der Waals surface area contributed by atoms with Gasteiger partial charge in [0.1, 0.15) is 12.3 Å². The molecule has 1 aromatic rings. The van der Waals surface area contributed by atoms with Crippen LogP contribution in [0, 0.1) is 12.8 Å². The number of carbonyl (C=O) groups is 2. The van der Waals surface area contributed by atoms with E-state index in [1.807, 2.05) is 12.2 Å². The molecule has 0 bridgehead atoms. The first-order chi connectivity index (χ1) is 14.1. The average molecular weight is 429 g/mol. The summed E-state index contributed by atoms with van der Waals surface area (Å²) in [7, 11) is 0. The minimum atomic E-state index is -4.41. The molecule has 3 N–H and O–H groups in total. The van der Waals surface area contributed by atoms with Crippen molar-refractivity contribution in [1.82, 2.24) is 15.5 Å². The van der Waals surface area contributed by atoms with E-state index in [4.69, 9.17) is 0 Å². The molecule has 1 aliphatic carbocycles. The minimum absolute atomic E-state index is 0.0812. The number of amides is 2. The third-order valence-electron chi connectivity index (χ3n) is 5.49. The highest BCUT2D eigenvalue weighted by Gasteiger charge is 2.28. The van der Waals surface area contributed by atoms with Crippen LogP contribution in [-0.4, -0.2) is 60.2 Å². The second-order valence-corrected chi connectivity index (χ2v) is 7.84. The zero-order valence-corrected chi connectivity index (χ0v) is 17.4. The van der Waals surface area contributed by atoms with Crippen molar-refractivity contribution in [3.63, 3.8) is 0 Å². The van der Waals surface area contributed by atoms with Crippen LogP contribution >= 0.6 is 0 Å². The highest BCUT2D eigenvalue weighted by Crippen LogP contribution is 2.26. The van der Waals surface area contributed by atoms with Gasteiger partial charge in [-0.25, -0.2) is 0 Å². The molecular formula is C21H30F3N3O3. The molecule has 30 heavy (non-hydrogen) atoms. The second kappa shape index (κ2) is 10.7. The number of alkyl halides is 3. The first-order valence-corrected chi connectivity index (χ1v) is 10.2. The standard InChI is InChI=1S/C21H30F3N3O3/c1-3-27(20(30)16-7-4-14(2)18(28)10-16)12-15-5-8-17(9-6-15)25-11-19(29)26-13-21(22,23)24/h4,7,10,15,17,25,28H,3,5-6,8-9,11-13H2,1-2H3,(H,26,29). The fourth-order valence-corrected chi connectivity index (χ4v) is 3.64. The van der Waals surface area contributed by atoms with Crippen LogP contribution in [-0.2, 0) is 4.79 Å². The van der Waals surface area contributed by atoms with E-state index in [0.29, 0.717) is 30.1 Å². The Hall–Kier alpha value is -2.29. The maximum atomic E-state index is 12.8. The molecule has 1 aliphatic rings. The Morgan fingerprint density at radius 2 is 1.87 bits per heavy atom. The molecule has 6 nitrogen and oxygen atoms in total. The highest BCUT2D eigenvalue weighted by molar-refractivity contribution is 5.94. The van der Waals surface area contributed by atoms with Crippen LogP contribution in [0.15, 0.2) is 18.2 Å². The van der Waals surface area contributed by atoms with Gasteiger partial charge in [0.15, 0.2) is 0 Å². The molecule has 1 aromatic carbocycles. The van der Waals surface area contributed by atoms with Crippen molar-refractivity contribution < 1.29 is 27.9 Å². The Morgan fingerprint density at radius 1 is 1.20 bits per heavy atom. The first-order valence-electron chi connectivity index (χ1n) is 10.2. The molecular weight excluding hydrogens is 399 g/mol. The topological polar surface area (TPSA) is 81.7 Å². The molecule has 0 saturated heterocycles. The van der Waals surface area contributed by atoms with Crippen molar-refractivity contribution in [2.75, 3.05) is 26.2 Å². The van der Waals surface area contributed by atoms with E-state index in [1.54, 1.807) is 24.0 Å². The van der Waals surface area contributed by atoms with Crippen LogP contribution in [0.1, 0.15) is 48.5 Å². The summed E-state index contributed by atoms with van der Waals surface area (Å²) in [5.74, 6) is -0.360. The number of halogens is 3. The Kier molecular flexibility index (Phi) is 8.52. The summed E-state index contributed by atoms with van der Waals surface area (Å²) in [6.45, 7) is 3.40. The molecule has 0 radical (unpaired) electrons. The number of nitrogens with one attached hydrogen (secondary N) is 2. The fraction of sp³-hybridized carbons (Fsp3) is 0.619. The number of rotatable bonds is 8. The predicted octanol–water partition coefficient (Wildman–Crippen LogP) is 2.99. The van der Waals surface area contributed by atoms with Crippen LogP contribution in [0.5, 0.6) is 5.75 Å². The number of aromatic hydroxyl groups is 1. The molecule has 0 unspecified atom stereocenters. The van der Waals surface area contributed by atoms with E-state index >= 15 is 0 Å². The van der Waals surface area contributed by atoms with E-state index in [1.165, 1.54) is 6.07 Å². The lowest BCUT2D eigenvalue weighted by atomic mass is 9.85. The molecule has 1 saturated carbocycles. The SMILES string of the molecule is CCN(CC1CCC(NCC(=O)NCC(F)(F)F)CC1)C(=O)c1ccc(C)c(O)c1. The van der Waals surface area contributed by atoms with Gasteiger partial charge in [0.2, 0.25) is 5.91 Å². The average Bonchev–Trinajstić information content (AvgIpc) is 2.70. The van der Waals surface area contributed by atoms with E-state index in [0.717, 1.165) is 25.7 Å². The van der Waals surface area contributed by atoms with Crippen molar-refractivity contribution in [2.24, 2.45) is 5.92 Å². The first kappa shape index (κ1) is 24.0. The van der Waals surface area contributed by atoms with Crippen molar-refractivity contribution in [1.29, 1.82) is 0 Å². The van der Waals surface area contributed by atoms with Gasteiger partial charge >= 0.3 is 6.18 Å². The summed E-state index contributed by atoms with van der Waals surface area (Å²) in [4.78, 5) is 26.0.